The van der Waals surface area contributed by atoms with Crippen LogP contribution in [-0.2, 0) is 14.8 Å². The SMILES string of the molecule is CN(CC1CCCO1)S(=O)(=O)c1ccc(C(=O)Nc2nc(-c3ccc4ccccc4c3)cs2)cc1. The predicted molar refractivity (Wildman–Crippen MR) is 138 cm³/mol. The van der Waals surface area contributed by atoms with Crippen molar-refractivity contribution in [1.29, 1.82) is 0 Å². The molecule has 7 nitrogen and oxygen atoms in total. The zero-order valence-corrected chi connectivity index (χ0v) is 20.8. The molecule has 5 rings (SSSR count). The van der Waals surface area contributed by atoms with Gasteiger partial charge in [0.25, 0.3) is 5.91 Å². The minimum Gasteiger partial charge on any atom is -0.377 e. The summed E-state index contributed by atoms with van der Waals surface area (Å²) in [6.45, 7) is 0.985. The smallest absolute Gasteiger partial charge is 0.257 e. The lowest BCUT2D eigenvalue weighted by Crippen LogP contribution is -2.34. The van der Waals surface area contributed by atoms with Crippen molar-refractivity contribution < 1.29 is 17.9 Å². The van der Waals surface area contributed by atoms with Gasteiger partial charge in [-0.25, -0.2) is 13.4 Å². The molecular weight excluding hydrogens is 482 g/mol. The van der Waals surface area contributed by atoms with Crippen LogP contribution in [0.2, 0.25) is 0 Å². The summed E-state index contributed by atoms with van der Waals surface area (Å²) in [4.78, 5) is 17.4. The molecule has 1 amide bonds. The summed E-state index contributed by atoms with van der Waals surface area (Å²) in [6.07, 6.45) is 1.74. The quantitative estimate of drug-likeness (QED) is 0.380. The van der Waals surface area contributed by atoms with Crippen LogP contribution in [0.15, 0.2) is 77.0 Å². The maximum atomic E-state index is 12.9. The van der Waals surface area contributed by atoms with Crippen LogP contribution in [0, 0.1) is 0 Å². The van der Waals surface area contributed by atoms with E-state index in [-0.39, 0.29) is 16.9 Å². The van der Waals surface area contributed by atoms with Crippen LogP contribution in [0.5, 0.6) is 0 Å². The Balaban J connectivity index is 1.26. The second-order valence-electron chi connectivity index (χ2n) is 8.50. The molecule has 2 heterocycles. The van der Waals surface area contributed by atoms with E-state index in [1.54, 1.807) is 7.05 Å². The number of rotatable bonds is 7. The van der Waals surface area contributed by atoms with E-state index in [1.807, 2.05) is 23.6 Å². The lowest BCUT2D eigenvalue weighted by atomic mass is 10.1. The average Bonchev–Trinajstić information content (AvgIpc) is 3.56. The second kappa shape index (κ2) is 9.87. The third-order valence-electron chi connectivity index (χ3n) is 6.08. The fourth-order valence-corrected chi connectivity index (χ4v) is 6.03. The number of aromatic nitrogens is 1. The van der Waals surface area contributed by atoms with E-state index in [0.717, 1.165) is 34.9 Å². The molecule has 3 aromatic carbocycles. The van der Waals surface area contributed by atoms with Gasteiger partial charge in [0.1, 0.15) is 0 Å². The number of hydrogen-bond acceptors (Lipinski definition) is 6. The van der Waals surface area contributed by atoms with Gasteiger partial charge >= 0.3 is 0 Å². The number of nitrogens with zero attached hydrogens (tertiary/aromatic N) is 2. The lowest BCUT2D eigenvalue weighted by molar-refractivity contribution is 0.0979. The van der Waals surface area contributed by atoms with Gasteiger partial charge in [-0.1, -0.05) is 36.4 Å². The average molecular weight is 508 g/mol. The molecule has 1 aromatic heterocycles. The number of carbonyl (C=O) groups is 1. The van der Waals surface area contributed by atoms with Crippen LogP contribution in [-0.4, -0.2) is 49.9 Å². The van der Waals surface area contributed by atoms with Crippen LogP contribution in [0.3, 0.4) is 0 Å². The molecule has 1 fully saturated rings. The molecule has 4 aromatic rings. The third-order valence-corrected chi connectivity index (χ3v) is 8.67. The summed E-state index contributed by atoms with van der Waals surface area (Å²) in [7, 11) is -2.11. The number of amides is 1. The normalized spacial score (nSPS) is 16.1. The summed E-state index contributed by atoms with van der Waals surface area (Å²) in [5.41, 5.74) is 2.11. The Kier molecular flexibility index (Phi) is 6.66. The number of thiazole rings is 1. The van der Waals surface area contributed by atoms with Crippen molar-refractivity contribution in [3.63, 3.8) is 0 Å². The number of likely N-dealkylation sites (N-methyl/N-ethyl adjacent to an activating group) is 1. The van der Waals surface area contributed by atoms with Gasteiger partial charge in [-0.3, -0.25) is 10.1 Å². The topological polar surface area (TPSA) is 88.6 Å². The van der Waals surface area contributed by atoms with Gasteiger partial charge in [0.05, 0.1) is 16.7 Å². The summed E-state index contributed by atoms with van der Waals surface area (Å²) >= 11 is 1.34. The Morgan fingerprint density at radius 1 is 1.11 bits per heavy atom. The molecule has 0 spiro atoms. The number of carbonyl (C=O) groups excluding carboxylic acids is 1. The predicted octanol–water partition coefficient (Wildman–Crippen LogP) is 5.02. The monoisotopic (exact) mass is 507 g/mol. The number of nitrogens with one attached hydrogen (secondary N) is 1. The number of sulfonamides is 1. The highest BCUT2D eigenvalue weighted by Gasteiger charge is 2.26. The van der Waals surface area contributed by atoms with Gasteiger partial charge in [-0.2, -0.15) is 4.31 Å². The van der Waals surface area contributed by atoms with E-state index >= 15 is 0 Å². The summed E-state index contributed by atoms with van der Waals surface area (Å²) < 4.78 is 32.6. The van der Waals surface area contributed by atoms with Crippen LogP contribution < -0.4 is 5.32 Å². The van der Waals surface area contributed by atoms with E-state index in [2.05, 4.69) is 34.6 Å². The largest absolute Gasteiger partial charge is 0.377 e. The van der Waals surface area contributed by atoms with Crippen LogP contribution in [0.25, 0.3) is 22.0 Å². The van der Waals surface area contributed by atoms with E-state index in [1.165, 1.54) is 39.9 Å². The first-order chi connectivity index (χ1) is 16.9. The summed E-state index contributed by atoms with van der Waals surface area (Å²) in [5, 5.41) is 7.47. The van der Waals surface area contributed by atoms with Crippen LogP contribution in [0.1, 0.15) is 23.2 Å². The zero-order chi connectivity index (χ0) is 24.4. The highest BCUT2D eigenvalue weighted by molar-refractivity contribution is 7.89. The van der Waals surface area contributed by atoms with Crippen molar-refractivity contribution >= 4 is 43.2 Å². The molecule has 0 bridgehead atoms. The van der Waals surface area contributed by atoms with Gasteiger partial charge in [-0.05, 0) is 53.9 Å². The van der Waals surface area contributed by atoms with E-state index in [4.69, 9.17) is 4.74 Å². The van der Waals surface area contributed by atoms with Crippen molar-refractivity contribution in [2.45, 2.75) is 23.8 Å². The fraction of sp³-hybridized carbons (Fsp3) is 0.231. The second-order valence-corrected chi connectivity index (χ2v) is 11.4. The first-order valence-corrected chi connectivity index (χ1v) is 13.7. The van der Waals surface area contributed by atoms with Gasteiger partial charge in [0.2, 0.25) is 10.0 Å². The van der Waals surface area contributed by atoms with E-state index in [9.17, 15) is 13.2 Å². The molecule has 1 saturated heterocycles. The lowest BCUT2D eigenvalue weighted by Gasteiger charge is -2.20. The molecule has 1 unspecified atom stereocenters. The standard InChI is InChI=1S/C26H25N3O4S2/c1-29(16-22-7-4-14-33-22)35(31,32)23-12-10-19(11-13-23)25(30)28-26-27-24(17-34-26)21-9-8-18-5-2-3-6-20(18)15-21/h2-3,5-6,8-13,15,17,22H,4,7,14,16H2,1H3,(H,27,28,30). The van der Waals surface area contributed by atoms with Crippen LogP contribution in [0.4, 0.5) is 5.13 Å². The van der Waals surface area contributed by atoms with Gasteiger partial charge in [0, 0.05) is 36.7 Å². The molecule has 9 heteroatoms. The molecule has 1 N–H and O–H groups in total. The molecular formula is C26H25N3O4S2. The van der Waals surface area contributed by atoms with Crippen molar-refractivity contribution in [2.24, 2.45) is 0 Å². The minimum absolute atomic E-state index is 0.0716. The number of benzene rings is 3. The molecule has 1 aliphatic rings. The molecule has 35 heavy (non-hydrogen) atoms. The van der Waals surface area contributed by atoms with Crippen molar-refractivity contribution in [3.05, 3.63) is 77.7 Å². The number of hydrogen-bond donors (Lipinski definition) is 1. The highest BCUT2D eigenvalue weighted by Crippen LogP contribution is 2.28. The highest BCUT2D eigenvalue weighted by atomic mass is 32.2. The minimum atomic E-state index is -3.66. The van der Waals surface area contributed by atoms with E-state index in [0.29, 0.717) is 23.8 Å². The van der Waals surface area contributed by atoms with Crippen LogP contribution >= 0.6 is 11.3 Å². The van der Waals surface area contributed by atoms with Crippen molar-refractivity contribution in [1.82, 2.24) is 9.29 Å². The molecule has 1 aliphatic heterocycles. The Labute approximate surface area is 208 Å². The first kappa shape index (κ1) is 23.6. The first-order valence-electron chi connectivity index (χ1n) is 11.3. The Morgan fingerprint density at radius 3 is 2.63 bits per heavy atom. The molecule has 0 radical (unpaired) electrons. The van der Waals surface area contributed by atoms with E-state index < -0.39 is 10.0 Å². The van der Waals surface area contributed by atoms with Crippen molar-refractivity contribution in [2.75, 3.05) is 25.5 Å². The van der Waals surface area contributed by atoms with Gasteiger partial charge in [-0.15, -0.1) is 11.3 Å². The Bertz CT molecular complexity index is 1460. The summed E-state index contributed by atoms with van der Waals surface area (Å²) in [6, 6.07) is 20.2. The number of ether oxygens (including phenoxy) is 1. The Morgan fingerprint density at radius 2 is 1.89 bits per heavy atom. The molecule has 180 valence electrons. The molecule has 0 saturated carbocycles. The molecule has 0 aliphatic carbocycles. The zero-order valence-electron chi connectivity index (χ0n) is 19.2. The van der Waals surface area contributed by atoms with Gasteiger partial charge in [0.15, 0.2) is 5.13 Å². The fourth-order valence-electron chi connectivity index (χ4n) is 4.11. The van der Waals surface area contributed by atoms with Gasteiger partial charge < -0.3 is 4.74 Å². The number of anilines is 1. The maximum Gasteiger partial charge on any atom is 0.257 e. The third kappa shape index (κ3) is 5.13. The summed E-state index contributed by atoms with van der Waals surface area (Å²) in [5.74, 6) is -0.346. The maximum absolute atomic E-state index is 12.9. The molecule has 1 atom stereocenters. The Hall–Kier alpha value is -3.11. The van der Waals surface area contributed by atoms with Crippen molar-refractivity contribution in [3.8, 4) is 11.3 Å². The number of fused-ring (bicyclic) bond motifs is 1.